The van der Waals surface area contributed by atoms with E-state index < -0.39 is 11.8 Å². The van der Waals surface area contributed by atoms with Crippen LogP contribution in [-0.2, 0) is 4.74 Å². The van der Waals surface area contributed by atoms with Gasteiger partial charge in [-0.25, -0.2) is 4.79 Å². The summed E-state index contributed by atoms with van der Waals surface area (Å²) in [4.78, 5) is 19.1. The predicted octanol–water partition coefficient (Wildman–Crippen LogP) is 3.98. The molecule has 2 aliphatic carbocycles. The molecular weight excluding hydrogens is 386 g/mol. The largest absolute Gasteiger partial charge is 0.444 e. The Hall–Kier alpha value is -0.950. The van der Waals surface area contributed by atoms with Crippen molar-refractivity contribution in [2.45, 2.75) is 95.3 Å². The van der Waals surface area contributed by atoms with Crippen molar-refractivity contribution in [1.29, 1.82) is 0 Å². The first kappa shape index (κ1) is 21.3. The molecule has 7 heteroatoms. The van der Waals surface area contributed by atoms with Crippen molar-refractivity contribution in [3.63, 3.8) is 0 Å². The third-order valence-corrected chi connectivity index (χ3v) is 8.39. The SMILES string of the molecule is CC(C)(C)OC(=O)N1CCC(CC2(C)SC(=N[C@H]3C[C@H]4CC[C@H]3C4)NC2O)CC1. The minimum absolute atomic E-state index is 0.209. The van der Waals surface area contributed by atoms with Crippen molar-refractivity contribution in [3.8, 4) is 0 Å². The summed E-state index contributed by atoms with van der Waals surface area (Å²) in [7, 11) is 0. The Balaban J connectivity index is 1.29. The number of hydrogen-bond acceptors (Lipinski definition) is 5. The number of carbonyl (C=O) groups excluding carboxylic acids is 1. The number of aliphatic imine (C=N–C) groups is 1. The molecule has 1 amide bonds. The number of nitrogens with zero attached hydrogens (tertiary/aromatic N) is 2. The molecule has 2 unspecified atom stereocenters. The summed E-state index contributed by atoms with van der Waals surface area (Å²) >= 11 is 1.73. The maximum atomic E-state index is 12.3. The van der Waals surface area contributed by atoms with E-state index >= 15 is 0 Å². The lowest BCUT2D eigenvalue weighted by Gasteiger charge is -2.36. The van der Waals surface area contributed by atoms with Gasteiger partial charge in [0, 0.05) is 13.1 Å². The zero-order valence-corrected chi connectivity index (χ0v) is 19.1. The van der Waals surface area contributed by atoms with E-state index in [4.69, 9.17) is 9.73 Å². The number of fused-ring (bicyclic) bond motifs is 2. The van der Waals surface area contributed by atoms with Gasteiger partial charge < -0.3 is 20.1 Å². The standard InChI is InChI=1S/C22H37N3O3S/c1-21(2,3)28-20(27)25-9-7-14(8-10-25)13-22(4)18(26)24-19(29-22)23-17-12-15-5-6-16(17)11-15/h14-18,26H,5-13H2,1-4H3,(H,23,24)/t15-,16-,17-,18?,22?/m0/s1. The van der Waals surface area contributed by atoms with Gasteiger partial charge in [0.2, 0.25) is 0 Å². The van der Waals surface area contributed by atoms with Crippen LogP contribution in [0.5, 0.6) is 0 Å². The molecule has 2 heterocycles. The van der Waals surface area contributed by atoms with E-state index in [0.717, 1.165) is 49.4 Å². The Morgan fingerprint density at radius 1 is 1.28 bits per heavy atom. The molecule has 0 aromatic rings. The van der Waals surface area contributed by atoms with Crippen LogP contribution in [0.3, 0.4) is 0 Å². The molecule has 2 saturated carbocycles. The summed E-state index contributed by atoms with van der Waals surface area (Å²) in [5.41, 5.74) is -0.452. The molecule has 29 heavy (non-hydrogen) atoms. The first-order valence-corrected chi connectivity index (χ1v) is 12.1. The Bertz CT molecular complexity index is 656. The lowest BCUT2D eigenvalue weighted by atomic mass is 9.86. The van der Waals surface area contributed by atoms with Crippen LogP contribution >= 0.6 is 11.8 Å². The summed E-state index contributed by atoms with van der Waals surface area (Å²) in [6, 6.07) is 0.454. The minimum Gasteiger partial charge on any atom is -0.444 e. The fourth-order valence-electron chi connectivity index (χ4n) is 5.53. The highest BCUT2D eigenvalue weighted by molar-refractivity contribution is 8.15. The minimum atomic E-state index is -0.561. The first-order valence-electron chi connectivity index (χ1n) is 11.3. The van der Waals surface area contributed by atoms with Crippen molar-refractivity contribution in [1.82, 2.24) is 10.2 Å². The maximum absolute atomic E-state index is 12.3. The molecule has 6 nitrogen and oxygen atoms in total. The van der Waals surface area contributed by atoms with Gasteiger partial charge in [-0.15, -0.1) is 0 Å². The number of hydrogen-bond donors (Lipinski definition) is 2. The van der Waals surface area contributed by atoms with Crippen LogP contribution in [0.1, 0.15) is 72.6 Å². The number of amides is 1. The molecule has 4 fully saturated rings. The topological polar surface area (TPSA) is 74.2 Å². The molecule has 2 bridgehead atoms. The van der Waals surface area contributed by atoms with E-state index in [2.05, 4.69) is 12.2 Å². The Morgan fingerprint density at radius 3 is 2.59 bits per heavy atom. The van der Waals surface area contributed by atoms with Crippen molar-refractivity contribution in [2.75, 3.05) is 13.1 Å². The molecule has 2 saturated heterocycles. The highest BCUT2D eigenvalue weighted by Crippen LogP contribution is 2.47. The Labute approximate surface area is 179 Å². The lowest BCUT2D eigenvalue weighted by molar-refractivity contribution is 0.0167. The van der Waals surface area contributed by atoms with E-state index in [1.807, 2.05) is 25.7 Å². The van der Waals surface area contributed by atoms with E-state index in [1.165, 1.54) is 25.7 Å². The van der Waals surface area contributed by atoms with E-state index in [9.17, 15) is 9.90 Å². The van der Waals surface area contributed by atoms with Gasteiger partial charge in [0.25, 0.3) is 0 Å². The number of ether oxygens (including phenoxy) is 1. The van der Waals surface area contributed by atoms with Gasteiger partial charge in [0.15, 0.2) is 5.17 Å². The van der Waals surface area contributed by atoms with Gasteiger partial charge in [0.1, 0.15) is 11.8 Å². The van der Waals surface area contributed by atoms with Gasteiger partial charge >= 0.3 is 6.09 Å². The zero-order chi connectivity index (χ0) is 20.8. The Morgan fingerprint density at radius 2 is 2.00 bits per heavy atom. The molecule has 4 aliphatic rings. The van der Waals surface area contributed by atoms with Crippen LogP contribution < -0.4 is 5.32 Å². The molecule has 0 aromatic heterocycles. The molecule has 0 radical (unpaired) electrons. The van der Waals surface area contributed by atoms with Gasteiger partial charge in [-0.1, -0.05) is 18.2 Å². The van der Waals surface area contributed by atoms with Crippen LogP contribution in [0, 0.1) is 17.8 Å². The molecular formula is C22H37N3O3S. The molecule has 4 rings (SSSR count). The molecule has 164 valence electrons. The van der Waals surface area contributed by atoms with E-state index in [1.54, 1.807) is 11.8 Å². The van der Waals surface area contributed by atoms with E-state index in [-0.39, 0.29) is 10.8 Å². The number of aliphatic hydroxyl groups is 1. The smallest absolute Gasteiger partial charge is 0.410 e. The summed E-state index contributed by atoms with van der Waals surface area (Å²) in [5, 5.41) is 14.9. The summed E-state index contributed by atoms with van der Waals surface area (Å²) < 4.78 is 5.24. The van der Waals surface area contributed by atoms with Gasteiger partial charge in [0.05, 0.1) is 10.8 Å². The number of carbonyl (C=O) groups is 1. The third-order valence-electron chi connectivity index (χ3n) is 7.11. The van der Waals surface area contributed by atoms with Crippen molar-refractivity contribution < 1.29 is 14.6 Å². The van der Waals surface area contributed by atoms with Crippen LogP contribution in [0.4, 0.5) is 4.79 Å². The van der Waals surface area contributed by atoms with Crippen LogP contribution in [-0.4, -0.2) is 57.0 Å². The van der Waals surface area contributed by atoms with Crippen LogP contribution in [0.25, 0.3) is 0 Å². The quantitative estimate of drug-likeness (QED) is 0.718. The average molecular weight is 424 g/mol. The first-order chi connectivity index (χ1) is 13.6. The highest BCUT2D eigenvalue weighted by atomic mass is 32.2. The maximum Gasteiger partial charge on any atom is 0.410 e. The number of likely N-dealkylation sites (tertiary alicyclic amines) is 1. The summed E-state index contributed by atoms with van der Waals surface area (Å²) in [6.45, 7) is 9.32. The van der Waals surface area contributed by atoms with Gasteiger partial charge in [-0.2, -0.15) is 0 Å². The fourth-order valence-corrected chi connectivity index (χ4v) is 6.82. The molecule has 2 aliphatic heterocycles. The lowest BCUT2D eigenvalue weighted by Crippen LogP contribution is -2.45. The molecule has 5 atom stereocenters. The van der Waals surface area contributed by atoms with Gasteiger partial charge in [-0.3, -0.25) is 4.99 Å². The summed E-state index contributed by atoms with van der Waals surface area (Å²) in [6.07, 6.45) is 7.37. The zero-order valence-electron chi connectivity index (χ0n) is 18.3. The number of aliphatic hydroxyl groups excluding tert-OH is 1. The second kappa shape index (κ2) is 7.95. The van der Waals surface area contributed by atoms with Crippen molar-refractivity contribution in [3.05, 3.63) is 0 Å². The second-order valence-corrected chi connectivity index (χ2v) is 12.3. The normalized spacial score (nSPS) is 39.2. The molecule has 0 aromatic carbocycles. The number of amidine groups is 1. The van der Waals surface area contributed by atoms with Crippen molar-refractivity contribution in [2.24, 2.45) is 22.7 Å². The number of nitrogens with one attached hydrogen (secondary N) is 1. The summed E-state index contributed by atoms with van der Waals surface area (Å²) in [5.74, 6) is 2.15. The van der Waals surface area contributed by atoms with E-state index in [0.29, 0.717) is 12.0 Å². The van der Waals surface area contributed by atoms with Crippen molar-refractivity contribution >= 4 is 23.0 Å². The third kappa shape index (κ3) is 4.87. The van der Waals surface area contributed by atoms with Crippen LogP contribution in [0.2, 0.25) is 0 Å². The number of thioether (sulfide) groups is 1. The molecule has 0 spiro atoms. The highest BCUT2D eigenvalue weighted by Gasteiger charge is 2.46. The average Bonchev–Trinajstić information content (AvgIpc) is 3.30. The molecule has 2 N–H and O–H groups in total. The van der Waals surface area contributed by atoms with Gasteiger partial charge in [-0.05, 0) is 84.0 Å². The number of rotatable bonds is 3. The second-order valence-electron chi connectivity index (χ2n) is 10.8. The number of piperidine rings is 1. The monoisotopic (exact) mass is 423 g/mol. The fraction of sp³-hybridized carbons (Fsp3) is 0.909. The Kier molecular flexibility index (Phi) is 5.84. The predicted molar refractivity (Wildman–Crippen MR) is 117 cm³/mol. The van der Waals surface area contributed by atoms with Crippen LogP contribution in [0.15, 0.2) is 4.99 Å².